The first kappa shape index (κ1) is 16.3. The van der Waals surface area contributed by atoms with Crippen molar-refractivity contribution in [2.75, 3.05) is 19.6 Å². The van der Waals surface area contributed by atoms with Gasteiger partial charge in [-0.3, -0.25) is 4.90 Å². The Labute approximate surface area is 118 Å². The first-order valence-electron chi connectivity index (χ1n) is 7.47. The minimum atomic E-state index is 0.312. The molecule has 3 nitrogen and oxygen atoms in total. The SMILES string of the molecule is CCN(Cc1ccco1)CC(C)(CC)CNC(C)C. The zero-order chi connectivity index (χ0) is 14.3. The molecule has 0 fully saturated rings. The Balaban J connectivity index is 2.55. The van der Waals surface area contributed by atoms with E-state index < -0.39 is 0 Å². The molecule has 0 bridgehead atoms. The molecule has 1 aromatic heterocycles. The van der Waals surface area contributed by atoms with Crippen LogP contribution in [-0.2, 0) is 6.54 Å². The third-order valence-electron chi connectivity index (χ3n) is 3.80. The van der Waals surface area contributed by atoms with Gasteiger partial charge in [-0.2, -0.15) is 0 Å². The van der Waals surface area contributed by atoms with Crippen molar-refractivity contribution in [3.05, 3.63) is 24.2 Å². The highest BCUT2D eigenvalue weighted by molar-refractivity contribution is 4.98. The maximum atomic E-state index is 5.45. The second-order valence-electron chi connectivity index (χ2n) is 6.08. The van der Waals surface area contributed by atoms with Crippen LogP contribution in [-0.4, -0.2) is 30.6 Å². The maximum Gasteiger partial charge on any atom is 0.117 e. The summed E-state index contributed by atoms with van der Waals surface area (Å²) in [6, 6.07) is 4.56. The van der Waals surface area contributed by atoms with Gasteiger partial charge in [0.25, 0.3) is 0 Å². The van der Waals surface area contributed by atoms with E-state index in [-0.39, 0.29) is 0 Å². The molecule has 110 valence electrons. The first-order chi connectivity index (χ1) is 8.99. The van der Waals surface area contributed by atoms with E-state index in [0.29, 0.717) is 11.5 Å². The third kappa shape index (κ3) is 5.79. The van der Waals surface area contributed by atoms with Gasteiger partial charge in [0.15, 0.2) is 0 Å². The summed E-state index contributed by atoms with van der Waals surface area (Å²) in [6.45, 7) is 15.4. The zero-order valence-corrected chi connectivity index (χ0v) is 13.2. The molecule has 1 aromatic rings. The Morgan fingerprint density at radius 2 is 2.11 bits per heavy atom. The summed E-state index contributed by atoms with van der Waals surface area (Å²) in [5.41, 5.74) is 0.312. The summed E-state index contributed by atoms with van der Waals surface area (Å²) in [6.07, 6.45) is 2.93. The molecule has 1 N–H and O–H groups in total. The van der Waals surface area contributed by atoms with Crippen LogP contribution in [0.25, 0.3) is 0 Å². The fourth-order valence-corrected chi connectivity index (χ4v) is 2.19. The van der Waals surface area contributed by atoms with Crippen LogP contribution in [0.1, 0.15) is 46.8 Å². The van der Waals surface area contributed by atoms with Crippen LogP contribution >= 0.6 is 0 Å². The van der Waals surface area contributed by atoms with Crippen molar-refractivity contribution in [2.45, 2.75) is 53.6 Å². The lowest BCUT2D eigenvalue weighted by atomic mass is 9.86. The normalized spacial score (nSPS) is 15.1. The first-order valence-corrected chi connectivity index (χ1v) is 7.47. The van der Waals surface area contributed by atoms with Gasteiger partial charge in [-0.1, -0.05) is 34.6 Å². The van der Waals surface area contributed by atoms with Crippen LogP contribution in [0.15, 0.2) is 22.8 Å². The van der Waals surface area contributed by atoms with E-state index in [0.717, 1.165) is 31.9 Å². The minimum Gasteiger partial charge on any atom is -0.468 e. The van der Waals surface area contributed by atoms with Crippen LogP contribution in [0.4, 0.5) is 0 Å². The molecule has 0 spiro atoms. The molecule has 0 amide bonds. The summed E-state index contributed by atoms with van der Waals surface area (Å²) in [7, 11) is 0. The van der Waals surface area contributed by atoms with Gasteiger partial charge in [0.1, 0.15) is 5.76 Å². The lowest BCUT2D eigenvalue weighted by molar-refractivity contribution is 0.144. The Kier molecular flexibility index (Phi) is 6.59. The van der Waals surface area contributed by atoms with Gasteiger partial charge >= 0.3 is 0 Å². The molecule has 19 heavy (non-hydrogen) atoms. The van der Waals surface area contributed by atoms with E-state index in [1.54, 1.807) is 6.26 Å². The zero-order valence-electron chi connectivity index (χ0n) is 13.2. The Hall–Kier alpha value is -0.800. The molecule has 0 saturated carbocycles. The fourth-order valence-electron chi connectivity index (χ4n) is 2.19. The number of furan rings is 1. The van der Waals surface area contributed by atoms with Gasteiger partial charge in [0, 0.05) is 19.1 Å². The monoisotopic (exact) mass is 266 g/mol. The number of rotatable bonds is 9. The van der Waals surface area contributed by atoms with Gasteiger partial charge in [-0.15, -0.1) is 0 Å². The topological polar surface area (TPSA) is 28.4 Å². The average Bonchev–Trinajstić information content (AvgIpc) is 2.88. The van der Waals surface area contributed by atoms with E-state index in [4.69, 9.17) is 4.42 Å². The number of hydrogen-bond acceptors (Lipinski definition) is 3. The highest BCUT2D eigenvalue weighted by Crippen LogP contribution is 2.23. The highest BCUT2D eigenvalue weighted by Gasteiger charge is 2.25. The number of hydrogen-bond donors (Lipinski definition) is 1. The molecular weight excluding hydrogens is 236 g/mol. The van der Waals surface area contributed by atoms with E-state index in [9.17, 15) is 0 Å². The van der Waals surface area contributed by atoms with Crippen molar-refractivity contribution < 1.29 is 4.42 Å². The molecule has 0 radical (unpaired) electrons. The van der Waals surface area contributed by atoms with Crippen LogP contribution in [0.3, 0.4) is 0 Å². The summed E-state index contributed by atoms with van der Waals surface area (Å²) >= 11 is 0. The summed E-state index contributed by atoms with van der Waals surface area (Å²) in [5.74, 6) is 1.05. The molecule has 1 atom stereocenters. The molecule has 0 aliphatic rings. The second-order valence-corrected chi connectivity index (χ2v) is 6.08. The lowest BCUT2D eigenvalue weighted by Gasteiger charge is -2.35. The van der Waals surface area contributed by atoms with E-state index >= 15 is 0 Å². The third-order valence-corrected chi connectivity index (χ3v) is 3.80. The second kappa shape index (κ2) is 7.71. The molecule has 0 aliphatic carbocycles. The van der Waals surface area contributed by atoms with Crippen molar-refractivity contribution in [3.8, 4) is 0 Å². The van der Waals surface area contributed by atoms with Gasteiger partial charge in [0.2, 0.25) is 0 Å². The lowest BCUT2D eigenvalue weighted by Crippen LogP contribution is -2.43. The Morgan fingerprint density at radius 3 is 2.58 bits per heavy atom. The standard InChI is InChI=1S/C16H30N2O/c1-6-16(5,12-17-14(3)4)13-18(7-2)11-15-9-8-10-19-15/h8-10,14,17H,6-7,11-13H2,1-5H3. The highest BCUT2D eigenvalue weighted by atomic mass is 16.3. The summed E-state index contributed by atoms with van der Waals surface area (Å²) < 4.78 is 5.45. The Morgan fingerprint density at radius 1 is 1.37 bits per heavy atom. The molecule has 0 saturated heterocycles. The van der Waals surface area contributed by atoms with Crippen molar-refractivity contribution in [2.24, 2.45) is 5.41 Å². The Bertz CT molecular complexity index is 335. The maximum absolute atomic E-state index is 5.45. The molecule has 1 rings (SSSR count). The fraction of sp³-hybridized carbons (Fsp3) is 0.750. The van der Waals surface area contributed by atoms with Gasteiger partial charge in [-0.25, -0.2) is 0 Å². The van der Waals surface area contributed by atoms with Crippen molar-refractivity contribution in [3.63, 3.8) is 0 Å². The predicted octanol–water partition coefficient (Wildman–Crippen LogP) is 3.52. The predicted molar refractivity (Wildman–Crippen MR) is 81.2 cm³/mol. The average molecular weight is 266 g/mol. The van der Waals surface area contributed by atoms with Crippen molar-refractivity contribution in [1.82, 2.24) is 10.2 Å². The number of nitrogens with zero attached hydrogens (tertiary/aromatic N) is 1. The van der Waals surface area contributed by atoms with Crippen molar-refractivity contribution >= 4 is 0 Å². The van der Waals surface area contributed by atoms with E-state index in [1.807, 2.05) is 6.07 Å². The van der Waals surface area contributed by atoms with Gasteiger partial charge < -0.3 is 9.73 Å². The van der Waals surface area contributed by atoms with E-state index in [2.05, 4.69) is 50.9 Å². The van der Waals surface area contributed by atoms with Crippen LogP contribution in [0.2, 0.25) is 0 Å². The minimum absolute atomic E-state index is 0.312. The molecule has 1 heterocycles. The van der Waals surface area contributed by atoms with Crippen LogP contribution in [0.5, 0.6) is 0 Å². The van der Waals surface area contributed by atoms with Crippen LogP contribution in [0, 0.1) is 5.41 Å². The quantitative estimate of drug-likeness (QED) is 0.741. The van der Waals surface area contributed by atoms with Crippen LogP contribution < -0.4 is 5.32 Å². The molecule has 0 aliphatic heterocycles. The molecular formula is C16H30N2O. The molecule has 1 unspecified atom stereocenters. The molecule has 0 aromatic carbocycles. The van der Waals surface area contributed by atoms with Gasteiger partial charge in [0.05, 0.1) is 12.8 Å². The largest absolute Gasteiger partial charge is 0.468 e. The smallest absolute Gasteiger partial charge is 0.117 e. The van der Waals surface area contributed by atoms with E-state index in [1.165, 1.54) is 6.42 Å². The van der Waals surface area contributed by atoms with Crippen molar-refractivity contribution in [1.29, 1.82) is 0 Å². The molecule has 3 heteroatoms. The number of nitrogens with one attached hydrogen (secondary N) is 1. The summed E-state index contributed by atoms with van der Waals surface area (Å²) in [4.78, 5) is 2.46. The summed E-state index contributed by atoms with van der Waals surface area (Å²) in [5, 5.41) is 3.58. The van der Waals surface area contributed by atoms with Gasteiger partial charge in [-0.05, 0) is 30.5 Å².